The number of hydrogen-bond donors (Lipinski definition) is 2. The maximum atomic E-state index is 4.75. The third-order valence-corrected chi connectivity index (χ3v) is 5.13. The van der Waals surface area contributed by atoms with Gasteiger partial charge in [0, 0.05) is 26.1 Å². The Labute approximate surface area is 185 Å². The molecule has 1 aliphatic rings. The number of rotatable bonds is 6. The van der Waals surface area contributed by atoms with Crippen molar-refractivity contribution in [1.29, 1.82) is 0 Å². The lowest BCUT2D eigenvalue weighted by Crippen LogP contribution is -2.39. The van der Waals surface area contributed by atoms with Crippen molar-refractivity contribution in [3.8, 4) is 0 Å². The molecule has 0 fully saturated rings. The van der Waals surface area contributed by atoms with Crippen molar-refractivity contribution in [1.82, 2.24) is 25.4 Å². The molecule has 154 valence electrons. The fourth-order valence-corrected chi connectivity index (χ4v) is 3.42. The molecule has 1 aromatic carbocycles. The van der Waals surface area contributed by atoms with Crippen LogP contribution in [0.3, 0.4) is 0 Å². The van der Waals surface area contributed by atoms with E-state index in [-0.39, 0.29) is 24.0 Å². The summed E-state index contributed by atoms with van der Waals surface area (Å²) in [5, 5.41) is 15.5. The van der Waals surface area contributed by atoms with Crippen molar-refractivity contribution >= 4 is 29.9 Å². The van der Waals surface area contributed by atoms with Gasteiger partial charge in [0.2, 0.25) is 0 Å². The normalized spacial score (nSPS) is 15.2. The molecule has 0 saturated carbocycles. The van der Waals surface area contributed by atoms with Crippen molar-refractivity contribution in [2.24, 2.45) is 4.99 Å². The third kappa shape index (κ3) is 6.18. The number of benzene rings is 1. The maximum Gasteiger partial charge on any atom is 0.191 e. The number of aromatic nitrogens is 3. The molecule has 0 spiro atoms. The molecule has 1 unspecified atom stereocenters. The fraction of sp³-hybridized carbons (Fsp3) is 0.571. The van der Waals surface area contributed by atoms with E-state index in [1.54, 1.807) is 0 Å². The van der Waals surface area contributed by atoms with Gasteiger partial charge in [0.25, 0.3) is 0 Å². The Hall–Kier alpha value is -1.64. The Kier molecular flexibility index (Phi) is 9.21. The number of halogens is 1. The highest BCUT2D eigenvalue weighted by Crippen LogP contribution is 2.16. The van der Waals surface area contributed by atoms with Gasteiger partial charge in [0.05, 0.1) is 0 Å². The number of nitrogens with zero attached hydrogens (tertiary/aromatic N) is 4. The van der Waals surface area contributed by atoms with Gasteiger partial charge in [-0.05, 0) is 38.2 Å². The van der Waals surface area contributed by atoms with Gasteiger partial charge in [-0.1, -0.05) is 43.2 Å². The van der Waals surface area contributed by atoms with Gasteiger partial charge in [-0.2, -0.15) is 0 Å². The number of hydrogen-bond acceptors (Lipinski definition) is 3. The molecule has 2 heterocycles. The summed E-state index contributed by atoms with van der Waals surface area (Å²) < 4.78 is 2.26. The van der Waals surface area contributed by atoms with Crippen LogP contribution in [0.15, 0.2) is 29.3 Å². The Bertz CT molecular complexity index is 753. The Morgan fingerprint density at radius 3 is 2.68 bits per heavy atom. The SMILES string of the molecule is CCNC(=NCc1nnc2n1CCCCC2)NCC(C)c1ccc(C)cc1.I. The highest BCUT2D eigenvalue weighted by atomic mass is 127. The van der Waals surface area contributed by atoms with Crippen LogP contribution in [0.25, 0.3) is 0 Å². The average molecular weight is 496 g/mol. The molecule has 1 aliphatic heterocycles. The smallest absolute Gasteiger partial charge is 0.191 e. The van der Waals surface area contributed by atoms with E-state index in [1.165, 1.54) is 30.4 Å². The molecule has 2 aromatic rings. The van der Waals surface area contributed by atoms with Gasteiger partial charge in [-0.15, -0.1) is 34.2 Å². The summed E-state index contributed by atoms with van der Waals surface area (Å²) in [6, 6.07) is 8.75. The van der Waals surface area contributed by atoms with E-state index in [0.29, 0.717) is 12.5 Å². The Balaban J connectivity index is 0.00000280. The molecule has 0 bridgehead atoms. The quantitative estimate of drug-likeness (QED) is 0.363. The van der Waals surface area contributed by atoms with Crippen molar-refractivity contribution in [2.75, 3.05) is 13.1 Å². The van der Waals surface area contributed by atoms with E-state index in [1.807, 2.05) is 0 Å². The minimum Gasteiger partial charge on any atom is -0.357 e. The summed E-state index contributed by atoms with van der Waals surface area (Å²) >= 11 is 0. The van der Waals surface area contributed by atoms with Crippen LogP contribution < -0.4 is 10.6 Å². The molecule has 1 aromatic heterocycles. The number of guanidine groups is 1. The lowest BCUT2D eigenvalue weighted by Gasteiger charge is -2.16. The molecule has 7 heteroatoms. The monoisotopic (exact) mass is 496 g/mol. The van der Waals surface area contributed by atoms with E-state index in [9.17, 15) is 0 Å². The molecular weight excluding hydrogens is 463 g/mol. The van der Waals surface area contributed by atoms with Crippen LogP contribution in [-0.2, 0) is 19.5 Å². The minimum absolute atomic E-state index is 0. The second kappa shape index (κ2) is 11.4. The van der Waals surface area contributed by atoms with Crippen LogP contribution in [0, 0.1) is 6.92 Å². The summed E-state index contributed by atoms with van der Waals surface area (Å²) in [5.41, 5.74) is 2.63. The van der Waals surface area contributed by atoms with Gasteiger partial charge in [-0.3, -0.25) is 0 Å². The van der Waals surface area contributed by atoms with Gasteiger partial charge >= 0.3 is 0 Å². The summed E-state index contributed by atoms with van der Waals surface area (Å²) in [5.74, 6) is 3.33. The van der Waals surface area contributed by atoms with E-state index in [0.717, 1.165) is 43.7 Å². The van der Waals surface area contributed by atoms with Crippen molar-refractivity contribution in [2.45, 2.75) is 65.5 Å². The molecule has 0 aliphatic carbocycles. The zero-order valence-corrected chi connectivity index (χ0v) is 19.6. The minimum atomic E-state index is 0. The van der Waals surface area contributed by atoms with Crippen molar-refractivity contribution in [3.63, 3.8) is 0 Å². The van der Waals surface area contributed by atoms with Gasteiger partial charge < -0.3 is 15.2 Å². The van der Waals surface area contributed by atoms with Crippen molar-refractivity contribution < 1.29 is 0 Å². The predicted octanol–water partition coefficient (Wildman–Crippen LogP) is 3.79. The second-order valence-electron chi connectivity index (χ2n) is 7.38. The molecule has 6 nitrogen and oxygen atoms in total. The van der Waals surface area contributed by atoms with E-state index in [4.69, 9.17) is 4.99 Å². The first-order chi connectivity index (χ1) is 13.2. The Morgan fingerprint density at radius 2 is 1.93 bits per heavy atom. The van der Waals surface area contributed by atoms with Crippen LogP contribution in [0.4, 0.5) is 0 Å². The number of fused-ring (bicyclic) bond motifs is 1. The van der Waals surface area contributed by atoms with Crippen LogP contribution in [0.2, 0.25) is 0 Å². The molecule has 28 heavy (non-hydrogen) atoms. The molecule has 2 N–H and O–H groups in total. The molecule has 1 atom stereocenters. The molecule has 0 saturated heterocycles. The largest absolute Gasteiger partial charge is 0.357 e. The fourth-order valence-electron chi connectivity index (χ4n) is 3.42. The van der Waals surface area contributed by atoms with Crippen LogP contribution in [0.1, 0.15) is 61.8 Å². The van der Waals surface area contributed by atoms with Crippen molar-refractivity contribution in [3.05, 3.63) is 47.0 Å². The van der Waals surface area contributed by atoms with E-state index >= 15 is 0 Å². The molecule has 0 amide bonds. The number of nitrogens with one attached hydrogen (secondary N) is 2. The summed E-state index contributed by atoms with van der Waals surface area (Å²) in [6.07, 6.45) is 4.72. The molecule has 0 radical (unpaired) electrons. The topological polar surface area (TPSA) is 67.1 Å². The zero-order valence-electron chi connectivity index (χ0n) is 17.2. The van der Waals surface area contributed by atoms with Crippen LogP contribution in [0.5, 0.6) is 0 Å². The number of aliphatic imine (C=N–C) groups is 1. The summed E-state index contributed by atoms with van der Waals surface area (Å²) in [4.78, 5) is 4.75. The highest BCUT2D eigenvalue weighted by molar-refractivity contribution is 14.0. The van der Waals surface area contributed by atoms with Gasteiger partial charge in [-0.25, -0.2) is 4.99 Å². The Morgan fingerprint density at radius 1 is 1.14 bits per heavy atom. The number of aryl methyl sites for hydroxylation is 2. The maximum absolute atomic E-state index is 4.75. The summed E-state index contributed by atoms with van der Waals surface area (Å²) in [7, 11) is 0. The van der Waals surface area contributed by atoms with Crippen LogP contribution in [-0.4, -0.2) is 33.8 Å². The third-order valence-electron chi connectivity index (χ3n) is 5.13. The first kappa shape index (κ1) is 22.6. The van der Waals surface area contributed by atoms with Crippen LogP contribution >= 0.6 is 24.0 Å². The summed E-state index contributed by atoms with van der Waals surface area (Å²) in [6.45, 7) is 9.69. The first-order valence-corrected chi connectivity index (χ1v) is 10.2. The zero-order chi connectivity index (χ0) is 19.1. The standard InChI is InChI=1S/C21H32N6.HI/c1-4-22-21(23-14-17(3)18-11-9-16(2)10-12-18)24-15-20-26-25-19-8-6-5-7-13-27(19)20;/h9-12,17H,4-8,13-15H2,1-3H3,(H2,22,23,24);1H. The predicted molar refractivity (Wildman–Crippen MR) is 125 cm³/mol. The highest BCUT2D eigenvalue weighted by Gasteiger charge is 2.14. The first-order valence-electron chi connectivity index (χ1n) is 10.2. The molecule has 3 rings (SSSR count). The van der Waals surface area contributed by atoms with E-state index < -0.39 is 0 Å². The lowest BCUT2D eigenvalue weighted by atomic mass is 10.0. The average Bonchev–Trinajstić information content (AvgIpc) is 2.90. The van der Waals surface area contributed by atoms with E-state index in [2.05, 4.69) is 70.4 Å². The second-order valence-corrected chi connectivity index (χ2v) is 7.38. The van der Waals surface area contributed by atoms with Gasteiger partial charge in [0.15, 0.2) is 11.8 Å². The lowest BCUT2D eigenvalue weighted by molar-refractivity contribution is 0.605. The molecular formula is C21H33IN6. The van der Waals surface area contributed by atoms with Gasteiger partial charge in [0.1, 0.15) is 12.4 Å².